The zero-order valence-corrected chi connectivity index (χ0v) is 12.5. The fourth-order valence-corrected chi connectivity index (χ4v) is 2.62. The van der Waals surface area contributed by atoms with E-state index in [2.05, 4.69) is 40.2 Å². The van der Waals surface area contributed by atoms with Crippen LogP contribution in [0.1, 0.15) is 16.8 Å². The fraction of sp³-hybridized carbons (Fsp3) is 0.333. The first kappa shape index (κ1) is 14.5. The predicted molar refractivity (Wildman–Crippen MR) is 81.2 cm³/mol. The Kier molecular flexibility index (Phi) is 5.12. The Morgan fingerprint density at radius 2 is 2.20 bits per heavy atom. The summed E-state index contributed by atoms with van der Waals surface area (Å²) in [6.45, 7) is 2.95. The molecule has 106 valence electrons. The van der Waals surface area contributed by atoms with Crippen molar-refractivity contribution in [2.24, 2.45) is 0 Å². The van der Waals surface area contributed by atoms with E-state index < -0.39 is 0 Å². The number of hydrogen-bond donors (Lipinski definition) is 1. The van der Waals surface area contributed by atoms with E-state index in [9.17, 15) is 4.79 Å². The summed E-state index contributed by atoms with van der Waals surface area (Å²) < 4.78 is 4.62. The second-order valence-corrected chi connectivity index (χ2v) is 5.36. The molecule has 0 saturated carbocycles. The number of anilines is 1. The molecule has 0 aliphatic carbocycles. The molecule has 2 aromatic rings. The number of nitrogens with zero attached hydrogens (tertiary/aromatic N) is 1. The molecule has 0 aliphatic rings. The van der Waals surface area contributed by atoms with Crippen LogP contribution >= 0.6 is 11.3 Å². The quantitative estimate of drug-likeness (QED) is 0.831. The maximum absolute atomic E-state index is 11.1. The normalized spacial score (nSPS) is 10.3. The molecule has 0 radical (unpaired) electrons. The zero-order valence-electron chi connectivity index (χ0n) is 11.7. The minimum absolute atomic E-state index is 0.229. The molecule has 0 amide bonds. The van der Waals surface area contributed by atoms with Crippen LogP contribution in [-0.4, -0.2) is 24.6 Å². The summed E-state index contributed by atoms with van der Waals surface area (Å²) in [6, 6.07) is 8.36. The van der Waals surface area contributed by atoms with Crippen molar-refractivity contribution in [3.8, 4) is 0 Å². The van der Waals surface area contributed by atoms with Crippen molar-refractivity contribution >= 4 is 22.4 Å². The second kappa shape index (κ2) is 7.05. The molecule has 1 aromatic heterocycles. The summed E-state index contributed by atoms with van der Waals surface area (Å²) in [5, 5.41) is 6.01. The van der Waals surface area contributed by atoms with Crippen LogP contribution in [0, 0.1) is 6.92 Å². The van der Waals surface area contributed by atoms with E-state index in [1.165, 1.54) is 29.6 Å². The van der Waals surface area contributed by atoms with Gasteiger partial charge in [0, 0.05) is 11.9 Å². The molecule has 5 heteroatoms. The first-order valence-corrected chi connectivity index (χ1v) is 7.36. The van der Waals surface area contributed by atoms with Crippen LogP contribution in [0.5, 0.6) is 0 Å². The molecule has 0 spiro atoms. The number of benzene rings is 1. The average molecular weight is 290 g/mol. The van der Waals surface area contributed by atoms with Gasteiger partial charge in [0.1, 0.15) is 0 Å². The molecule has 0 aliphatic heterocycles. The first-order chi connectivity index (χ1) is 9.69. The van der Waals surface area contributed by atoms with Crippen LogP contribution in [0.2, 0.25) is 0 Å². The van der Waals surface area contributed by atoms with Crippen LogP contribution in [0.15, 0.2) is 29.6 Å². The molecule has 0 saturated heterocycles. The molecule has 1 heterocycles. The number of nitrogens with one attached hydrogen (secondary N) is 1. The standard InChI is InChI=1S/C15H18N2O2S/c1-11-5-3-4-6-12(11)7-8-16-15-17-13(10-20-15)9-14(18)19-2/h3-6,10H,7-9H2,1-2H3,(H,16,17). The number of ether oxygens (including phenoxy) is 1. The topological polar surface area (TPSA) is 51.2 Å². The monoisotopic (exact) mass is 290 g/mol. The van der Waals surface area contributed by atoms with Crippen molar-refractivity contribution in [1.29, 1.82) is 0 Å². The van der Waals surface area contributed by atoms with Gasteiger partial charge in [-0.3, -0.25) is 4.79 Å². The summed E-state index contributed by atoms with van der Waals surface area (Å²) in [4.78, 5) is 15.5. The SMILES string of the molecule is COC(=O)Cc1csc(NCCc2ccccc2C)n1. The van der Waals surface area contributed by atoms with Crippen LogP contribution < -0.4 is 5.32 Å². The number of carbonyl (C=O) groups excluding carboxylic acids is 1. The first-order valence-electron chi connectivity index (χ1n) is 6.48. The highest BCUT2D eigenvalue weighted by Crippen LogP contribution is 2.16. The Bertz CT molecular complexity index is 581. The maximum atomic E-state index is 11.1. The van der Waals surface area contributed by atoms with Gasteiger partial charge >= 0.3 is 5.97 Å². The van der Waals surface area contributed by atoms with Gasteiger partial charge < -0.3 is 10.1 Å². The van der Waals surface area contributed by atoms with E-state index in [0.29, 0.717) is 0 Å². The van der Waals surface area contributed by atoms with E-state index >= 15 is 0 Å². The minimum Gasteiger partial charge on any atom is -0.469 e. The van der Waals surface area contributed by atoms with E-state index in [4.69, 9.17) is 0 Å². The Morgan fingerprint density at radius 1 is 1.40 bits per heavy atom. The second-order valence-electron chi connectivity index (χ2n) is 4.50. The van der Waals surface area contributed by atoms with Gasteiger partial charge in [0.25, 0.3) is 0 Å². The molecule has 4 nitrogen and oxygen atoms in total. The largest absolute Gasteiger partial charge is 0.469 e. The molecule has 0 bridgehead atoms. The molecule has 1 aromatic carbocycles. The Morgan fingerprint density at radius 3 is 2.95 bits per heavy atom. The Labute approximate surface area is 122 Å². The van der Waals surface area contributed by atoms with Gasteiger partial charge in [0.2, 0.25) is 0 Å². The third-order valence-corrected chi connectivity index (χ3v) is 3.89. The lowest BCUT2D eigenvalue weighted by atomic mass is 10.1. The third kappa shape index (κ3) is 4.06. The van der Waals surface area contributed by atoms with E-state index in [1.54, 1.807) is 0 Å². The average Bonchev–Trinajstić information content (AvgIpc) is 2.88. The summed E-state index contributed by atoms with van der Waals surface area (Å²) in [5.74, 6) is -0.262. The van der Waals surface area contributed by atoms with Crippen molar-refractivity contribution in [1.82, 2.24) is 4.98 Å². The van der Waals surface area contributed by atoms with Crippen molar-refractivity contribution in [3.05, 3.63) is 46.5 Å². The summed E-state index contributed by atoms with van der Waals surface area (Å²) >= 11 is 1.51. The molecule has 0 fully saturated rings. The number of carbonyl (C=O) groups is 1. The van der Waals surface area contributed by atoms with E-state index in [0.717, 1.165) is 23.8 Å². The van der Waals surface area contributed by atoms with Gasteiger partial charge in [-0.05, 0) is 24.5 Å². The Balaban J connectivity index is 1.83. The molecule has 1 N–H and O–H groups in total. The molecule has 2 rings (SSSR count). The van der Waals surface area contributed by atoms with Crippen LogP contribution in [-0.2, 0) is 22.4 Å². The third-order valence-electron chi connectivity index (χ3n) is 3.04. The Hall–Kier alpha value is -1.88. The van der Waals surface area contributed by atoms with Crippen LogP contribution in [0.25, 0.3) is 0 Å². The lowest BCUT2D eigenvalue weighted by molar-refractivity contribution is -0.139. The van der Waals surface area contributed by atoms with E-state index in [1.807, 2.05) is 11.4 Å². The van der Waals surface area contributed by atoms with Crippen molar-refractivity contribution in [3.63, 3.8) is 0 Å². The molecular weight excluding hydrogens is 272 g/mol. The number of aryl methyl sites for hydroxylation is 1. The highest BCUT2D eigenvalue weighted by Gasteiger charge is 2.07. The van der Waals surface area contributed by atoms with Gasteiger partial charge in [-0.1, -0.05) is 24.3 Å². The molecule has 0 unspecified atom stereocenters. The van der Waals surface area contributed by atoms with Gasteiger partial charge in [0.05, 0.1) is 19.2 Å². The summed E-state index contributed by atoms with van der Waals surface area (Å²) in [5.41, 5.74) is 3.39. The summed E-state index contributed by atoms with van der Waals surface area (Å²) in [7, 11) is 1.38. The lowest BCUT2D eigenvalue weighted by Gasteiger charge is -2.05. The van der Waals surface area contributed by atoms with Crippen LogP contribution in [0.4, 0.5) is 5.13 Å². The molecule has 20 heavy (non-hydrogen) atoms. The number of thiazole rings is 1. The number of hydrogen-bond acceptors (Lipinski definition) is 5. The smallest absolute Gasteiger partial charge is 0.311 e. The molecular formula is C15H18N2O2S. The van der Waals surface area contributed by atoms with Gasteiger partial charge in [-0.25, -0.2) is 4.98 Å². The number of methoxy groups -OCH3 is 1. The van der Waals surface area contributed by atoms with Crippen molar-refractivity contribution < 1.29 is 9.53 Å². The fourth-order valence-electron chi connectivity index (χ4n) is 1.88. The number of aromatic nitrogens is 1. The minimum atomic E-state index is -0.262. The van der Waals surface area contributed by atoms with Gasteiger partial charge in [-0.15, -0.1) is 11.3 Å². The summed E-state index contributed by atoms with van der Waals surface area (Å²) in [6.07, 6.45) is 1.19. The van der Waals surface area contributed by atoms with Gasteiger partial charge in [-0.2, -0.15) is 0 Å². The number of rotatable bonds is 6. The lowest BCUT2D eigenvalue weighted by Crippen LogP contribution is -2.07. The highest BCUT2D eigenvalue weighted by atomic mass is 32.1. The van der Waals surface area contributed by atoms with Crippen LogP contribution in [0.3, 0.4) is 0 Å². The molecule has 0 atom stereocenters. The zero-order chi connectivity index (χ0) is 14.4. The van der Waals surface area contributed by atoms with E-state index in [-0.39, 0.29) is 12.4 Å². The maximum Gasteiger partial charge on any atom is 0.311 e. The highest BCUT2D eigenvalue weighted by molar-refractivity contribution is 7.13. The van der Waals surface area contributed by atoms with Gasteiger partial charge in [0.15, 0.2) is 5.13 Å². The number of esters is 1. The van der Waals surface area contributed by atoms with Crippen molar-refractivity contribution in [2.45, 2.75) is 19.8 Å². The predicted octanol–water partition coefficient (Wildman–Crippen LogP) is 2.82. The van der Waals surface area contributed by atoms with Crippen molar-refractivity contribution in [2.75, 3.05) is 19.0 Å².